The fraction of sp³-hybridized carbons (Fsp3) is 0.111. The van der Waals surface area contributed by atoms with Gasteiger partial charge in [0.15, 0.2) is 39.9 Å². The van der Waals surface area contributed by atoms with E-state index in [4.69, 9.17) is 9.47 Å². The van der Waals surface area contributed by atoms with Crippen LogP contribution in [0.5, 0.6) is 11.5 Å². The van der Waals surface area contributed by atoms with E-state index < -0.39 is 40.6 Å². The van der Waals surface area contributed by atoms with Gasteiger partial charge in [0.2, 0.25) is 5.82 Å². The first-order chi connectivity index (χ1) is 13.8. The third-order valence-corrected chi connectivity index (χ3v) is 4.60. The van der Waals surface area contributed by atoms with Crippen LogP contribution < -0.4 is 14.8 Å². The van der Waals surface area contributed by atoms with Gasteiger partial charge in [-0.05, 0) is 18.2 Å². The number of hydrogen-bond donors (Lipinski definition) is 1. The van der Waals surface area contributed by atoms with E-state index in [-0.39, 0.29) is 5.13 Å². The minimum atomic E-state index is -2.35. The molecule has 5 nitrogen and oxygen atoms in total. The molecule has 2 aromatic carbocycles. The van der Waals surface area contributed by atoms with Crippen LogP contribution in [-0.4, -0.2) is 25.1 Å². The largest absolute Gasteiger partial charge is 0.493 e. The van der Waals surface area contributed by atoms with Crippen LogP contribution >= 0.6 is 11.3 Å². The fourth-order valence-electron chi connectivity index (χ4n) is 2.42. The van der Waals surface area contributed by atoms with Crippen LogP contribution in [0.15, 0.2) is 23.6 Å². The molecule has 1 N–H and O–H groups in total. The van der Waals surface area contributed by atoms with Gasteiger partial charge in [0, 0.05) is 10.9 Å². The first-order valence-corrected chi connectivity index (χ1v) is 8.67. The number of rotatable bonds is 5. The highest BCUT2D eigenvalue weighted by Gasteiger charge is 2.30. The van der Waals surface area contributed by atoms with Crippen LogP contribution in [0.1, 0.15) is 10.4 Å². The first kappa shape index (κ1) is 20.5. The predicted octanol–water partition coefficient (Wildman–Crippen LogP) is 4.78. The summed E-state index contributed by atoms with van der Waals surface area (Å²) in [5.41, 5.74) is -0.636. The number of halogens is 5. The van der Waals surface area contributed by atoms with E-state index in [1.165, 1.54) is 19.6 Å². The van der Waals surface area contributed by atoms with Crippen molar-refractivity contribution in [3.8, 4) is 22.8 Å². The number of carbonyl (C=O) groups is 1. The quantitative estimate of drug-likeness (QED) is 0.360. The summed E-state index contributed by atoms with van der Waals surface area (Å²) in [5.74, 6) is -11.8. The Balaban J connectivity index is 1.89. The number of thiazole rings is 1. The Bertz CT molecular complexity index is 1070. The lowest BCUT2D eigenvalue weighted by Gasteiger charge is -2.08. The second kappa shape index (κ2) is 8.03. The van der Waals surface area contributed by atoms with E-state index in [1.54, 1.807) is 18.2 Å². The summed E-state index contributed by atoms with van der Waals surface area (Å²) in [4.78, 5) is 16.2. The zero-order chi connectivity index (χ0) is 21.3. The minimum Gasteiger partial charge on any atom is -0.493 e. The van der Waals surface area contributed by atoms with E-state index in [2.05, 4.69) is 4.98 Å². The number of hydrogen-bond acceptors (Lipinski definition) is 5. The lowest BCUT2D eigenvalue weighted by molar-refractivity contribution is 0.101. The maximum Gasteiger partial charge on any atom is 0.263 e. The standard InChI is InChI=1S/C18H11F5N2O3S/c1-27-9-4-3-7(5-10(9)28-2)8-6-29-18(24-8)25-17(26)11-12(19)14(21)16(23)15(22)13(11)20/h3-6H,1-2H3,(H,24,25,26). The molecule has 3 rings (SSSR count). The molecule has 0 atom stereocenters. The molecule has 0 aliphatic rings. The van der Waals surface area contributed by atoms with E-state index >= 15 is 0 Å². The number of carbonyl (C=O) groups excluding carboxylic acids is 1. The molecule has 11 heteroatoms. The Kier molecular flexibility index (Phi) is 5.69. The number of amides is 1. The van der Waals surface area contributed by atoms with Gasteiger partial charge in [-0.3, -0.25) is 10.1 Å². The van der Waals surface area contributed by atoms with Crippen LogP contribution in [0.25, 0.3) is 11.3 Å². The average molecular weight is 430 g/mol. The molecule has 1 amide bonds. The molecule has 0 bridgehead atoms. The van der Waals surface area contributed by atoms with Crippen LogP contribution in [0.4, 0.5) is 27.1 Å². The van der Waals surface area contributed by atoms with Gasteiger partial charge in [-0.2, -0.15) is 0 Å². The van der Waals surface area contributed by atoms with E-state index in [9.17, 15) is 26.7 Å². The van der Waals surface area contributed by atoms with Gasteiger partial charge in [-0.1, -0.05) is 0 Å². The number of methoxy groups -OCH3 is 2. The highest BCUT2D eigenvalue weighted by atomic mass is 32.1. The van der Waals surface area contributed by atoms with E-state index in [0.29, 0.717) is 22.8 Å². The van der Waals surface area contributed by atoms with E-state index in [0.717, 1.165) is 11.3 Å². The Morgan fingerprint density at radius 3 is 2.10 bits per heavy atom. The molecule has 152 valence electrons. The van der Waals surface area contributed by atoms with Crippen molar-refractivity contribution in [1.29, 1.82) is 0 Å². The van der Waals surface area contributed by atoms with Crippen LogP contribution in [0.2, 0.25) is 0 Å². The van der Waals surface area contributed by atoms with E-state index in [1.807, 2.05) is 5.32 Å². The van der Waals surface area contributed by atoms with Crippen molar-refractivity contribution in [2.45, 2.75) is 0 Å². The third-order valence-electron chi connectivity index (χ3n) is 3.84. The summed E-state index contributed by atoms with van der Waals surface area (Å²) in [6.45, 7) is 0. The third kappa shape index (κ3) is 3.73. The SMILES string of the molecule is COc1ccc(-c2csc(NC(=O)c3c(F)c(F)c(F)c(F)c3F)n2)cc1OC. The van der Waals surface area contributed by atoms with Crippen LogP contribution in [-0.2, 0) is 0 Å². The first-order valence-electron chi connectivity index (χ1n) is 7.79. The summed E-state index contributed by atoms with van der Waals surface area (Å²) >= 11 is 0.892. The maximum absolute atomic E-state index is 13.8. The number of aromatic nitrogens is 1. The molecule has 1 heterocycles. The summed E-state index contributed by atoms with van der Waals surface area (Å²) in [7, 11) is 2.91. The van der Waals surface area contributed by atoms with Gasteiger partial charge in [-0.15, -0.1) is 11.3 Å². The molecular formula is C18H11F5N2O3S. The molecule has 0 unspecified atom stereocenters. The Morgan fingerprint density at radius 1 is 0.931 bits per heavy atom. The number of ether oxygens (including phenoxy) is 2. The van der Waals surface area contributed by atoms with Crippen molar-refractivity contribution in [3.63, 3.8) is 0 Å². The predicted molar refractivity (Wildman–Crippen MR) is 94.8 cm³/mol. The zero-order valence-corrected chi connectivity index (χ0v) is 15.6. The molecule has 0 radical (unpaired) electrons. The molecule has 0 saturated heterocycles. The molecule has 0 spiro atoms. The summed E-state index contributed by atoms with van der Waals surface area (Å²) in [5, 5.41) is 3.45. The van der Waals surface area contributed by atoms with Crippen LogP contribution in [0, 0.1) is 29.1 Å². The molecule has 0 saturated carbocycles. The average Bonchev–Trinajstić information content (AvgIpc) is 3.18. The normalized spacial score (nSPS) is 10.7. The van der Waals surface area contributed by atoms with Crippen molar-refractivity contribution in [2.75, 3.05) is 19.5 Å². The maximum atomic E-state index is 13.8. The fourth-order valence-corrected chi connectivity index (χ4v) is 3.14. The Labute approximate surface area is 164 Å². The van der Waals surface area contributed by atoms with Crippen LogP contribution in [0.3, 0.4) is 0 Å². The summed E-state index contributed by atoms with van der Waals surface area (Å²) in [6.07, 6.45) is 0. The molecule has 1 aromatic heterocycles. The second-order valence-corrected chi connectivity index (χ2v) is 6.36. The van der Waals surface area contributed by atoms with Crippen molar-refractivity contribution in [1.82, 2.24) is 4.98 Å². The lowest BCUT2D eigenvalue weighted by Crippen LogP contribution is -2.19. The Morgan fingerprint density at radius 2 is 1.52 bits per heavy atom. The molecule has 0 aliphatic heterocycles. The highest BCUT2D eigenvalue weighted by Crippen LogP contribution is 2.33. The molecule has 0 aliphatic carbocycles. The van der Waals surface area contributed by atoms with Crippen molar-refractivity contribution >= 4 is 22.4 Å². The van der Waals surface area contributed by atoms with Gasteiger partial charge in [0.25, 0.3) is 5.91 Å². The molecular weight excluding hydrogens is 419 g/mol. The summed E-state index contributed by atoms with van der Waals surface area (Å²) in [6, 6.07) is 4.90. The molecule has 3 aromatic rings. The number of nitrogens with zero attached hydrogens (tertiary/aromatic N) is 1. The lowest BCUT2D eigenvalue weighted by atomic mass is 10.1. The number of nitrogens with one attached hydrogen (secondary N) is 1. The van der Waals surface area contributed by atoms with Gasteiger partial charge < -0.3 is 9.47 Å². The molecule has 29 heavy (non-hydrogen) atoms. The Hall–Kier alpha value is -3.21. The topological polar surface area (TPSA) is 60.5 Å². The highest BCUT2D eigenvalue weighted by molar-refractivity contribution is 7.14. The van der Waals surface area contributed by atoms with Crippen molar-refractivity contribution in [3.05, 3.63) is 58.2 Å². The van der Waals surface area contributed by atoms with Gasteiger partial charge >= 0.3 is 0 Å². The van der Waals surface area contributed by atoms with Gasteiger partial charge in [-0.25, -0.2) is 26.9 Å². The zero-order valence-electron chi connectivity index (χ0n) is 14.8. The number of anilines is 1. The smallest absolute Gasteiger partial charge is 0.263 e. The monoisotopic (exact) mass is 430 g/mol. The summed E-state index contributed by atoms with van der Waals surface area (Å²) < 4.78 is 77.5. The molecule has 0 fully saturated rings. The van der Waals surface area contributed by atoms with Crippen molar-refractivity contribution < 1.29 is 36.2 Å². The van der Waals surface area contributed by atoms with Crippen molar-refractivity contribution in [2.24, 2.45) is 0 Å². The second-order valence-electron chi connectivity index (χ2n) is 5.51. The van der Waals surface area contributed by atoms with Gasteiger partial charge in [0.1, 0.15) is 5.56 Å². The number of benzene rings is 2. The minimum absolute atomic E-state index is 0.108. The van der Waals surface area contributed by atoms with Gasteiger partial charge in [0.05, 0.1) is 19.9 Å².